The van der Waals surface area contributed by atoms with Gasteiger partial charge in [0.05, 0.1) is 11.3 Å². The summed E-state index contributed by atoms with van der Waals surface area (Å²) in [5.74, 6) is 0.201. The Hall–Kier alpha value is -2.64. The Kier molecular flexibility index (Phi) is 3.80. The van der Waals surface area contributed by atoms with Crippen LogP contribution in [0.25, 0.3) is 10.1 Å². The van der Waals surface area contributed by atoms with E-state index in [0.717, 1.165) is 58.7 Å². The van der Waals surface area contributed by atoms with E-state index in [1.165, 1.54) is 6.07 Å². The van der Waals surface area contributed by atoms with Crippen molar-refractivity contribution in [3.05, 3.63) is 47.8 Å². The maximum atomic E-state index is 13.9. The summed E-state index contributed by atoms with van der Waals surface area (Å²) in [6.45, 7) is 3.62. The molecule has 3 heterocycles. The summed E-state index contributed by atoms with van der Waals surface area (Å²) in [6, 6.07) is 10.7. The summed E-state index contributed by atoms with van der Waals surface area (Å²) < 4.78 is 15.1. The summed E-state index contributed by atoms with van der Waals surface area (Å²) in [4.78, 5) is 9.40. The molecule has 0 aliphatic carbocycles. The summed E-state index contributed by atoms with van der Waals surface area (Å²) in [7, 11) is 2.11. The fourth-order valence-electron chi connectivity index (χ4n) is 3.68. The predicted molar refractivity (Wildman–Crippen MR) is 108 cm³/mol. The van der Waals surface area contributed by atoms with Crippen LogP contribution in [0, 0.1) is 5.82 Å². The SMILES string of the molecule is CN1CCN(C2=Nc3c(O)cc(F)cc3Nc3sc4ccccc4c32)CC1. The van der Waals surface area contributed by atoms with E-state index in [2.05, 4.69) is 34.3 Å². The first kappa shape index (κ1) is 16.5. The van der Waals surface area contributed by atoms with E-state index < -0.39 is 5.82 Å². The highest BCUT2D eigenvalue weighted by molar-refractivity contribution is 7.23. The lowest BCUT2D eigenvalue weighted by molar-refractivity contribution is 0.216. The number of hydrogen-bond acceptors (Lipinski definition) is 6. The van der Waals surface area contributed by atoms with Crippen molar-refractivity contribution in [1.29, 1.82) is 0 Å². The number of thiophene rings is 1. The van der Waals surface area contributed by atoms with Crippen LogP contribution in [0.5, 0.6) is 5.75 Å². The summed E-state index contributed by atoms with van der Waals surface area (Å²) in [6.07, 6.45) is 0. The molecule has 3 aromatic rings. The summed E-state index contributed by atoms with van der Waals surface area (Å²) >= 11 is 1.62. The molecular formula is C20H19FN4OS. The number of halogens is 1. The van der Waals surface area contributed by atoms with Gasteiger partial charge in [0.15, 0.2) is 0 Å². The molecule has 0 bridgehead atoms. The third-order valence-electron chi connectivity index (χ3n) is 5.14. The highest BCUT2D eigenvalue weighted by atomic mass is 32.1. The quantitative estimate of drug-likeness (QED) is 0.614. The number of aromatic hydroxyl groups is 1. The maximum Gasteiger partial charge on any atom is 0.146 e. The molecule has 1 saturated heterocycles. The molecule has 5 nitrogen and oxygen atoms in total. The second-order valence-corrected chi connectivity index (χ2v) is 8.03. The normalized spacial score (nSPS) is 17.1. The van der Waals surface area contributed by atoms with E-state index in [9.17, 15) is 9.50 Å². The number of amidine groups is 1. The van der Waals surface area contributed by atoms with Gasteiger partial charge in [-0.05, 0) is 19.2 Å². The number of nitrogens with one attached hydrogen (secondary N) is 1. The van der Waals surface area contributed by atoms with Crippen LogP contribution in [0.4, 0.5) is 20.8 Å². The average Bonchev–Trinajstić information content (AvgIpc) is 2.91. The molecule has 1 fully saturated rings. The summed E-state index contributed by atoms with van der Waals surface area (Å²) in [5, 5.41) is 15.7. The zero-order valence-corrected chi connectivity index (χ0v) is 15.7. The van der Waals surface area contributed by atoms with Gasteiger partial charge in [-0.25, -0.2) is 9.38 Å². The molecule has 138 valence electrons. The van der Waals surface area contributed by atoms with E-state index in [1.54, 1.807) is 11.3 Å². The second-order valence-electron chi connectivity index (χ2n) is 6.97. The minimum Gasteiger partial charge on any atom is -0.505 e. The van der Waals surface area contributed by atoms with Crippen LogP contribution in [0.2, 0.25) is 0 Å². The Morgan fingerprint density at radius 2 is 1.93 bits per heavy atom. The smallest absolute Gasteiger partial charge is 0.146 e. The average molecular weight is 382 g/mol. The number of benzene rings is 2. The molecule has 1 aromatic heterocycles. The van der Waals surface area contributed by atoms with Gasteiger partial charge in [0.1, 0.15) is 28.1 Å². The standard InChI is InChI=1S/C20H19FN4OS/c1-24-6-8-25(9-7-24)19-17-13-4-2-3-5-16(13)27-20(17)22-14-10-12(21)11-15(26)18(14)23-19/h2-5,10-11,22,26H,6-9H2,1H3. The molecule has 2 aliphatic rings. The number of phenols is 1. The fraction of sp³-hybridized carbons (Fsp3) is 0.250. The van der Waals surface area contributed by atoms with Crippen LogP contribution < -0.4 is 5.32 Å². The van der Waals surface area contributed by atoms with Crippen molar-refractivity contribution in [2.24, 2.45) is 4.99 Å². The van der Waals surface area contributed by atoms with E-state index >= 15 is 0 Å². The van der Waals surface area contributed by atoms with E-state index in [0.29, 0.717) is 11.4 Å². The predicted octanol–water partition coefficient (Wildman–Crippen LogP) is 4.13. The van der Waals surface area contributed by atoms with Gasteiger partial charge in [-0.3, -0.25) is 0 Å². The largest absolute Gasteiger partial charge is 0.505 e. The number of likely N-dealkylation sites (N-methyl/N-ethyl adjacent to an activating group) is 1. The van der Waals surface area contributed by atoms with Gasteiger partial charge in [0, 0.05) is 42.3 Å². The number of fused-ring (bicyclic) bond motifs is 4. The lowest BCUT2D eigenvalue weighted by Gasteiger charge is -2.34. The number of nitrogens with zero attached hydrogens (tertiary/aromatic N) is 3. The number of piperazine rings is 1. The zero-order chi connectivity index (χ0) is 18.5. The Balaban J connectivity index is 1.75. The highest BCUT2D eigenvalue weighted by Crippen LogP contribution is 2.46. The van der Waals surface area contributed by atoms with Crippen molar-refractivity contribution < 1.29 is 9.50 Å². The Morgan fingerprint density at radius 3 is 2.74 bits per heavy atom. The molecule has 0 spiro atoms. The van der Waals surface area contributed by atoms with Gasteiger partial charge < -0.3 is 20.2 Å². The van der Waals surface area contributed by atoms with Gasteiger partial charge >= 0.3 is 0 Å². The van der Waals surface area contributed by atoms with Crippen LogP contribution in [0.15, 0.2) is 41.4 Å². The Bertz CT molecular complexity index is 1070. The van der Waals surface area contributed by atoms with Crippen molar-refractivity contribution in [2.75, 3.05) is 38.5 Å². The number of hydrogen-bond donors (Lipinski definition) is 2. The van der Waals surface area contributed by atoms with Gasteiger partial charge in [-0.1, -0.05) is 18.2 Å². The first-order valence-corrected chi connectivity index (χ1v) is 9.75. The third-order valence-corrected chi connectivity index (χ3v) is 6.23. The van der Waals surface area contributed by atoms with Crippen LogP contribution in [-0.4, -0.2) is 54.0 Å². The number of rotatable bonds is 0. The minimum absolute atomic E-state index is 0.149. The van der Waals surface area contributed by atoms with Crippen LogP contribution in [0.1, 0.15) is 5.56 Å². The van der Waals surface area contributed by atoms with Gasteiger partial charge in [0.25, 0.3) is 0 Å². The van der Waals surface area contributed by atoms with Crippen molar-refractivity contribution >= 4 is 43.6 Å². The van der Waals surface area contributed by atoms with Gasteiger partial charge in [-0.15, -0.1) is 11.3 Å². The second kappa shape index (κ2) is 6.21. The lowest BCUT2D eigenvalue weighted by Crippen LogP contribution is -2.47. The van der Waals surface area contributed by atoms with Crippen molar-refractivity contribution in [3.8, 4) is 5.75 Å². The minimum atomic E-state index is -0.486. The Labute approximate surface area is 160 Å². The molecule has 7 heteroatoms. The molecule has 0 radical (unpaired) electrons. The molecule has 27 heavy (non-hydrogen) atoms. The van der Waals surface area contributed by atoms with Crippen LogP contribution in [0.3, 0.4) is 0 Å². The van der Waals surface area contributed by atoms with Gasteiger partial charge in [0.2, 0.25) is 0 Å². The van der Waals surface area contributed by atoms with E-state index in [1.807, 2.05) is 12.1 Å². The first-order valence-electron chi connectivity index (χ1n) is 8.94. The van der Waals surface area contributed by atoms with Crippen LogP contribution in [-0.2, 0) is 0 Å². The van der Waals surface area contributed by atoms with E-state index in [4.69, 9.17) is 4.99 Å². The van der Waals surface area contributed by atoms with Crippen molar-refractivity contribution in [1.82, 2.24) is 9.80 Å². The van der Waals surface area contributed by atoms with Gasteiger partial charge in [-0.2, -0.15) is 0 Å². The molecule has 2 N–H and O–H groups in total. The maximum absolute atomic E-state index is 13.9. The highest BCUT2D eigenvalue weighted by Gasteiger charge is 2.28. The van der Waals surface area contributed by atoms with Crippen molar-refractivity contribution in [2.45, 2.75) is 0 Å². The number of phenolic OH excluding ortho intramolecular Hbond substituents is 1. The topological polar surface area (TPSA) is 51.1 Å². The first-order chi connectivity index (χ1) is 13.1. The number of anilines is 2. The summed E-state index contributed by atoms with van der Waals surface area (Å²) in [5.41, 5.74) is 1.90. The fourth-order valence-corrected chi connectivity index (χ4v) is 4.80. The molecular weight excluding hydrogens is 363 g/mol. The molecule has 0 unspecified atom stereocenters. The molecule has 2 aliphatic heterocycles. The Morgan fingerprint density at radius 1 is 1.15 bits per heavy atom. The molecule has 5 rings (SSSR count). The third kappa shape index (κ3) is 2.74. The number of aliphatic imine (C=N–C) groups is 1. The zero-order valence-electron chi connectivity index (χ0n) is 14.9. The van der Waals surface area contributed by atoms with Crippen molar-refractivity contribution in [3.63, 3.8) is 0 Å². The molecule has 0 amide bonds. The molecule has 0 atom stereocenters. The van der Waals surface area contributed by atoms with Crippen LogP contribution >= 0.6 is 11.3 Å². The monoisotopic (exact) mass is 382 g/mol. The molecule has 0 saturated carbocycles. The molecule has 2 aromatic carbocycles. The lowest BCUT2D eigenvalue weighted by atomic mass is 10.1. The van der Waals surface area contributed by atoms with E-state index in [-0.39, 0.29) is 5.75 Å².